The van der Waals surface area contributed by atoms with Crippen LogP contribution < -0.4 is 0 Å². The topological polar surface area (TPSA) is 60.7 Å². The van der Waals surface area contributed by atoms with Crippen LogP contribution in [-0.4, -0.2) is 15.3 Å². The van der Waals surface area contributed by atoms with Gasteiger partial charge in [-0.15, -0.1) is 0 Å². The Morgan fingerprint density at radius 3 is 2.24 bits per heavy atom. The van der Waals surface area contributed by atoms with Gasteiger partial charge in [-0.3, -0.25) is 0 Å². The summed E-state index contributed by atoms with van der Waals surface area (Å²) in [6.45, 7) is 2.02. The number of hydrogen-bond acceptors (Lipinski definition) is 3. The van der Waals surface area contributed by atoms with Crippen LogP contribution in [0, 0.1) is 0 Å². The van der Waals surface area contributed by atoms with Crippen LogP contribution in [0.4, 0.5) is 0 Å². The fourth-order valence-corrected chi connectivity index (χ4v) is 1.70. The Balaban J connectivity index is 2.37. The molecule has 0 aliphatic heterocycles. The molecule has 3 nitrogen and oxygen atoms in total. The lowest BCUT2D eigenvalue weighted by atomic mass is 10.00. The maximum absolute atomic E-state index is 9.65. The number of aromatic hydroxyl groups is 3. The van der Waals surface area contributed by atoms with Crippen LogP contribution in [0.5, 0.6) is 17.2 Å². The Kier molecular flexibility index (Phi) is 2.91. The van der Waals surface area contributed by atoms with Gasteiger partial charge in [-0.2, -0.15) is 0 Å². The molecule has 0 atom stereocenters. The maximum Gasteiger partial charge on any atom is 0.130 e. The van der Waals surface area contributed by atoms with E-state index >= 15 is 0 Å². The fraction of sp³-hybridized carbons (Fsp3) is 0.143. The molecular weight excluding hydrogens is 216 g/mol. The van der Waals surface area contributed by atoms with Crippen molar-refractivity contribution in [2.45, 2.75) is 13.3 Å². The van der Waals surface area contributed by atoms with Gasteiger partial charge in [-0.25, -0.2) is 0 Å². The number of rotatable bonds is 1. The smallest absolute Gasteiger partial charge is 0.130 e. The molecule has 88 valence electrons. The summed E-state index contributed by atoms with van der Waals surface area (Å²) in [5, 5.41) is 28.5. The number of hydrogen-bond donors (Lipinski definition) is 3. The van der Waals surface area contributed by atoms with Crippen LogP contribution in [0.25, 0.3) is 6.08 Å². The van der Waals surface area contributed by atoms with Gasteiger partial charge >= 0.3 is 0 Å². The van der Waals surface area contributed by atoms with Crippen LogP contribution >= 0.6 is 0 Å². The van der Waals surface area contributed by atoms with E-state index in [2.05, 4.69) is 6.08 Å². The molecule has 0 unspecified atom stereocenters. The Morgan fingerprint density at radius 1 is 1.06 bits per heavy atom. The van der Waals surface area contributed by atoms with Gasteiger partial charge in [-0.1, -0.05) is 23.8 Å². The number of allylic oxidation sites excluding steroid dienone is 5. The molecule has 2 rings (SSSR count). The zero-order chi connectivity index (χ0) is 12.4. The van der Waals surface area contributed by atoms with Crippen molar-refractivity contribution in [3.63, 3.8) is 0 Å². The number of benzene rings is 1. The van der Waals surface area contributed by atoms with E-state index in [9.17, 15) is 15.3 Å². The van der Waals surface area contributed by atoms with E-state index in [-0.39, 0.29) is 17.2 Å². The van der Waals surface area contributed by atoms with Crippen molar-refractivity contribution in [1.82, 2.24) is 0 Å². The van der Waals surface area contributed by atoms with E-state index in [4.69, 9.17) is 0 Å². The van der Waals surface area contributed by atoms with E-state index in [0.717, 1.165) is 12.0 Å². The first-order chi connectivity index (χ1) is 8.06. The van der Waals surface area contributed by atoms with Crippen LogP contribution in [0.2, 0.25) is 0 Å². The predicted octanol–water partition coefficient (Wildman–Crippen LogP) is 3.09. The van der Waals surface area contributed by atoms with E-state index in [1.54, 1.807) is 6.08 Å². The van der Waals surface area contributed by atoms with E-state index in [0.29, 0.717) is 5.56 Å². The van der Waals surface area contributed by atoms with Gasteiger partial charge in [0, 0.05) is 12.1 Å². The average molecular weight is 230 g/mol. The summed E-state index contributed by atoms with van der Waals surface area (Å²) in [5.41, 5.74) is 2.52. The molecule has 1 aromatic carbocycles. The van der Waals surface area contributed by atoms with E-state index in [1.807, 2.05) is 19.1 Å². The monoisotopic (exact) mass is 230 g/mol. The molecule has 0 spiro atoms. The van der Waals surface area contributed by atoms with Crippen molar-refractivity contribution < 1.29 is 15.3 Å². The van der Waals surface area contributed by atoms with Gasteiger partial charge in [0.15, 0.2) is 0 Å². The molecule has 1 aromatic rings. The first kappa shape index (κ1) is 11.3. The standard InChI is InChI=1S/C14H14O3/c1-9-2-4-10(5-3-9)6-12-13(16)7-11(15)8-14(12)17/h2-4,6-8,15-17H,5H2,1H3/b10-6-. The van der Waals surface area contributed by atoms with Crippen molar-refractivity contribution in [3.8, 4) is 17.2 Å². The molecule has 0 radical (unpaired) electrons. The van der Waals surface area contributed by atoms with Crippen molar-refractivity contribution in [2.75, 3.05) is 0 Å². The summed E-state index contributed by atoms with van der Waals surface area (Å²) < 4.78 is 0. The van der Waals surface area contributed by atoms with Crippen LogP contribution in [0.3, 0.4) is 0 Å². The Labute approximate surface area is 99.7 Å². The van der Waals surface area contributed by atoms with Crippen molar-refractivity contribution >= 4 is 6.08 Å². The molecule has 1 aliphatic carbocycles. The van der Waals surface area contributed by atoms with Crippen molar-refractivity contribution in [2.24, 2.45) is 0 Å². The largest absolute Gasteiger partial charge is 0.508 e. The minimum atomic E-state index is -0.155. The molecule has 1 aliphatic rings. The van der Waals surface area contributed by atoms with Crippen LogP contribution in [0.1, 0.15) is 18.9 Å². The number of phenols is 3. The van der Waals surface area contributed by atoms with Crippen LogP contribution in [0.15, 0.2) is 41.5 Å². The highest BCUT2D eigenvalue weighted by Gasteiger charge is 2.08. The summed E-state index contributed by atoms with van der Waals surface area (Å²) in [5.74, 6) is -0.415. The molecule has 0 amide bonds. The lowest BCUT2D eigenvalue weighted by Crippen LogP contribution is -1.86. The van der Waals surface area contributed by atoms with E-state index < -0.39 is 0 Å². The third-order valence-corrected chi connectivity index (χ3v) is 2.67. The van der Waals surface area contributed by atoms with Gasteiger partial charge in [0.1, 0.15) is 17.2 Å². The molecule has 0 saturated heterocycles. The van der Waals surface area contributed by atoms with Crippen molar-refractivity contribution in [3.05, 3.63) is 47.1 Å². The van der Waals surface area contributed by atoms with Gasteiger partial charge in [-0.05, 0) is 25.0 Å². The minimum absolute atomic E-state index is 0.130. The fourth-order valence-electron chi connectivity index (χ4n) is 1.70. The second kappa shape index (κ2) is 4.37. The zero-order valence-corrected chi connectivity index (χ0v) is 9.51. The second-order valence-electron chi connectivity index (χ2n) is 4.10. The Bertz CT molecular complexity index is 513. The molecule has 0 aromatic heterocycles. The lowest BCUT2D eigenvalue weighted by molar-refractivity contribution is 0.426. The molecule has 0 saturated carbocycles. The third kappa shape index (κ3) is 2.50. The van der Waals surface area contributed by atoms with Crippen LogP contribution in [-0.2, 0) is 0 Å². The first-order valence-electron chi connectivity index (χ1n) is 5.36. The molecule has 0 fully saturated rings. The summed E-state index contributed by atoms with van der Waals surface area (Å²) >= 11 is 0. The maximum atomic E-state index is 9.65. The van der Waals surface area contributed by atoms with Crippen molar-refractivity contribution in [1.29, 1.82) is 0 Å². The average Bonchev–Trinajstić information content (AvgIpc) is 2.26. The lowest BCUT2D eigenvalue weighted by Gasteiger charge is -2.08. The highest BCUT2D eigenvalue weighted by atomic mass is 16.3. The summed E-state index contributed by atoms with van der Waals surface area (Å²) in [7, 11) is 0. The quantitative estimate of drug-likeness (QED) is 0.694. The molecular formula is C14H14O3. The summed E-state index contributed by atoms with van der Waals surface area (Å²) in [6, 6.07) is 2.42. The van der Waals surface area contributed by atoms with Gasteiger partial charge in [0.05, 0.1) is 5.56 Å². The highest BCUT2D eigenvalue weighted by Crippen LogP contribution is 2.34. The van der Waals surface area contributed by atoms with Gasteiger partial charge < -0.3 is 15.3 Å². The Morgan fingerprint density at radius 2 is 1.71 bits per heavy atom. The van der Waals surface area contributed by atoms with Gasteiger partial charge in [0.25, 0.3) is 0 Å². The SMILES string of the molecule is CC1=CC/C(=C\c2c(O)cc(O)cc2O)C=C1. The third-order valence-electron chi connectivity index (χ3n) is 2.67. The summed E-state index contributed by atoms with van der Waals surface area (Å²) in [6.07, 6.45) is 8.47. The minimum Gasteiger partial charge on any atom is -0.508 e. The number of phenolic OH excluding ortho intramolecular Hbond substituents is 3. The molecule has 0 heterocycles. The molecule has 3 heteroatoms. The Hall–Kier alpha value is -2.16. The van der Waals surface area contributed by atoms with E-state index in [1.165, 1.54) is 17.7 Å². The molecule has 0 bridgehead atoms. The highest BCUT2D eigenvalue weighted by molar-refractivity contribution is 5.69. The zero-order valence-electron chi connectivity index (χ0n) is 9.51. The normalized spacial score (nSPS) is 17.2. The second-order valence-corrected chi connectivity index (χ2v) is 4.10. The first-order valence-corrected chi connectivity index (χ1v) is 5.36. The van der Waals surface area contributed by atoms with Gasteiger partial charge in [0.2, 0.25) is 0 Å². The molecule has 3 N–H and O–H groups in total. The molecule has 17 heavy (non-hydrogen) atoms. The summed E-state index contributed by atoms with van der Waals surface area (Å²) in [4.78, 5) is 0. The predicted molar refractivity (Wildman–Crippen MR) is 66.9 cm³/mol.